The molecule has 234 valence electrons. The second kappa shape index (κ2) is 12.9. The van der Waals surface area contributed by atoms with Crippen molar-refractivity contribution in [1.82, 2.24) is 14.6 Å². The maximum atomic E-state index is 14.6. The highest BCUT2D eigenvalue weighted by Gasteiger charge is 2.61. The predicted octanol–water partition coefficient (Wildman–Crippen LogP) is 2.33. The molecule has 17 heteroatoms. The van der Waals surface area contributed by atoms with E-state index in [1.807, 2.05) is 12.1 Å². The number of carbonyl (C=O) groups is 1. The standard InChI is InChI=1S/C26H29F3N3O9PS/c1-13(2)39-23(36)14(3)31-42(43,41-17-9-8-15-6-4-5-7-16(15)10-17)38-12-26(24(28)29)20(34)19(33)22(40-26)32-11-18(27)21(35)30-25(32)37/h4-11,13-14,19-20,22,24,33-34H,12H2,1-3H3,(H,31,43)(H,30,35,37). The van der Waals surface area contributed by atoms with E-state index < -0.39 is 78.9 Å². The minimum absolute atomic E-state index is 0.158. The number of aromatic amines is 1. The molecule has 0 bridgehead atoms. The fraction of sp³-hybridized carbons (Fsp3) is 0.423. The van der Waals surface area contributed by atoms with Crippen LogP contribution in [0.25, 0.3) is 10.8 Å². The summed E-state index contributed by atoms with van der Waals surface area (Å²) in [4.78, 5) is 37.8. The van der Waals surface area contributed by atoms with Gasteiger partial charge in [-0.3, -0.25) is 19.1 Å². The van der Waals surface area contributed by atoms with Gasteiger partial charge in [-0.2, -0.15) is 4.39 Å². The summed E-state index contributed by atoms with van der Waals surface area (Å²) in [6.45, 7) is -0.558. The Hall–Kier alpha value is -3.11. The molecule has 12 nitrogen and oxygen atoms in total. The van der Waals surface area contributed by atoms with Gasteiger partial charge in [-0.05, 0) is 55.5 Å². The molecule has 2 heterocycles. The van der Waals surface area contributed by atoms with Crippen molar-refractivity contribution in [2.75, 3.05) is 6.61 Å². The van der Waals surface area contributed by atoms with Crippen LogP contribution in [0.2, 0.25) is 0 Å². The molecule has 0 radical (unpaired) electrons. The summed E-state index contributed by atoms with van der Waals surface area (Å²) in [6.07, 6.45) is -10.3. The molecule has 6 unspecified atom stereocenters. The van der Waals surface area contributed by atoms with E-state index in [0.29, 0.717) is 10.8 Å². The van der Waals surface area contributed by atoms with E-state index in [9.17, 15) is 37.8 Å². The number of alkyl halides is 2. The van der Waals surface area contributed by atoms with Gasteiger partial charge in [0.2, 0.25) is 5.82 Å². The Balaban J connectivity index is 1.66. The van der Waals surface area contributed by atoms with Gasteiger partial charge in [-0.1, -0.05) is 30.3 Å². The summed E-state index contributed by atoms with van der Waals surface area (Å²) >= 11 is 5.59. The minimum Gasteiger partial charge on any atom is -0.462 e. The lowest BCUT2D eigenvalue weighted by Crippen LogP contribution is -2.53. The maximum Gasteiger partial charge on any atom is 0.330 e. The molecular formula is C26H29F3N3O9PS. The first-order valence-corrected chi connectivity index (χ1v) is 15.5. The van der Waals surface area contributed by atoms with E-state index in [1.165, 1.54) is 6.92 Å². The van der Waals surface area contributed by atoms with E-state index in [1.54, 1.807) is 49.2 Å². The zero-order valence-electron chi connectivity index (χ0n) is 23.0. The number of carbonyl (C=O) groups excluding carboxylic acids is 1. The Morgan fingerprint density at radius 1 is 1.19 bits per heavy atom. The Morgan fingerprint density at radius 3 is 2.51 bits per heavy atom. The summed E-state index contributed by atoms with van der Waals surface area (Å²) in [6, 6.07) is 11.0. The molecule has 1 aliphatic rings. The molecule has 4 N–H and O–H groups in total. The first-order chi connectivity index (χ1) is 20.2. The van der Waals surface area contributed by atoms with Gasteiger partial charge >= 0.3 is 18.3 Å². The average molecular weight is 648 g/mol. The molecule has 1 aromatic heterocycles. The fourth-order valence-corrected chi connectivity index (χ4v) is 6.72. The van der Waals surface area contributed by atoms with E-state index in [0.717, 1.165) is 10.8 Å². The van der Waals surface area contributed by atoms with Crippen LogP contribution in [0.5, 0.6) is 5.75 Å². The highest BCUT2D eigenvalue weighted by Crippen LogP contribution is 2.49. The molecule has 1 fully saturated rings. The van der Waals surface area contributed by atoms with E-state index in [-0.39, 0.29) is 5.75 Å². The van der Waals surface area contributed by atoms with Gasteiger partial charge in [0.05, 0.1) is 18.9 Å². The number of halogens is 3. The van der Waals surface area contributed by atoms with Gasteiger partial charge in [-0.25, -0.2) is 18.7 Å². The lowest BCUT2D eigenvalue weighted by Gasteiger charge is -2.34. The normalized spacial score (nSPS) is 24.3. The number of benzene rings is 2. The molecule has 3 aromatic rings. The number of nitrogens with zero attached hydrogens (tertiary/aromatic N) is 1. The van der Waals surface area contributed by atoms with Gasteiger partial charge in [0.1, 0.15) is 24.0 Å². The van der Waals surface area contributed by atoms with Crippen molar-refractivity contribution >= 4 is 35.2 Å². The summed E-state index contributed by atoms with van der Waals surface area (Å²) in [7, 11) is 0. The summed E-state index contributed by atoms with van der Waals surface area (Å²) in [5.41, 5.74) is -5.70. The molecule has 0 spiro atoms. The highest BCUT2D eigenvalue weighted by molar-refractivity contribution is 8.09. The topological polar surface area (TPSA) is 161 Å². The number of rotatable bonds is 11. The van der Waals surface area contributed by atoms with Crippen LogP contribution in [0.15, 0.2) is 58.3 Å². The largest absolute Gasteiger partial charge is 0.462 e. The maximum absolute atomic E-state index is 14.6. The van der Waals surface area contributed by atoms with Gasteiger partial charge in [-0.15, -0.1) is 0 Å². The van der Waals surface area contributed by atoms with Gasteiger partial charge in [0.25, 0.3) is 12.0 Å². The SMILES string of the molecule is CC(C)OC(=O)C(C)NP(=S)(OCC1(C(F)F)OC(n2cc(F)c(=O)[nH]c2=O)C(O)C1O)Oc1ccc2ccccc2c1. The number of ether oxygens (including phenoxy) is 2. The number of aliphatic hydroxyl groups excluding tert-OH is 2. The Morgan fingerprint density at radius 2 is 1.86 bits per heavy atom. The zero-order chi connectivity index (χ0) is 31.7. The molecule has 2 aromatic carbocycles. The Bertz CT molecular complexity index is 1660. The number of H-pyrrole nitrogens is 1. The van der Waals surface area contributed by atoms with Crippen molar-refractivity contribution in [1.29, 1.82) is 0 Å². The van der Waals surface area contributed by atoms with Crippen molar-refractivity contribution in [2.45, 2.75) is 63.4 Å². The molecule has 1 saturated heterocycles. The molecule has 1 aliphatic heterocycles. The third kappa shape index (κ3) is 7.01. The summed E-state index contributed by atoms with van der Waals surface area (Å²) < 4.78 is 65.6. The molecule has 0 amide bonds. The van der Waals surface area contributed by atoms with Crippen molar-refractivity contribution in [3.05, 3.63) is 75.3 Å². The first-order valence-electron chi connectivity index (χ1n) is 12.9. The zero-order valence-corrected chi connectivity index (χ0v) is 24.7. The van der Waals surface area contributed by atoms with Crippen molar-refractivity contribution in [2.24, 2.45) is 0 Å². The lowest BCUT2D eigenvalue weighted by molar-refractivity contribution is -0.192. The number of nitrogens with one attached hydrogen (secondary N) is 2. The van der Waals surface area contributed by atoms with Gasteiger partial charge in [0.15, 0.2) is 11.8 Å². The average Bonchev–Trinajstić information content (AvgIpc) is 3.19. The summed E-state index contributed by atoms with van der Waals surface area (Å²) in [5.74, 6) is -2.06. The highest BCUT2D eigenvalue weighted by atomic mass is 32.5. The van der Waals surface area contributed by atoms with Crippen LogP contribution in [0.4, 0.5) is 13.2 Å². The number of hydrogen-bond acceptors (Lipinski definition) is 10. The van der Waals surface area contributed by atoms with Crippen molar-refractivity contribution < 1.29 is 46.7 Å². The number of hydrogen-bond donors (Lipinski definition) is 4. The second-order valence-corrected chi connectivity index (χ2v) is 13.2. The number of aliphatic hydroxyl groups is 2. The molecular weight excluding hydrogens is 618 g/mol. The van der Waals surface area contributed by atoms with Crippen LogP contribution in [-0.2, 0) is 30.6 Å². The van der Waals surface area contributed by atoms with Crippen LogP contribution in [-0.4, -0.2) is 68.7 Å². The second-order valence-electron chi connectivity index (χ2n) is 10.1. The third-order valence-electron chi connectivity index (χ3n) is 6.49. The Kier molecular flexibility index (Phi) is 9.81. The van der Waals surface area contributed by atoms with Crippen LogP contribution in [0.1, 0.15) is 27.0 Å². The van der Waals surface area contributed by atoms with E-state index >= 15 is 0 Å². The number of esters is 1. The minimum atomic E-state index is -3.97. The van der Waals surface area contributed by atoms with Crippen LogP contribution < -0.4 is 20.9 Å². The lowest BCUT2D eigenvalue weighted by atomic mass is 9.96. The van der Waals surface area contributed by atoms with E-state index in [4.69, 9.17) is 30.3 Å². The fourth-order valence-electron chi connectivity index (χ4n) is 4.31. The van der Waals surface area contributed by atoms with Crippen LogP contribution in [0, 0.1) is 5.82 Å². The number of fused-ring (bicyclic) bond motifs is 1. The quantitative estimate of drug-likeness (QED) is 0.179. The predicted molar refractivity (Wildman–Crippen MR) is 151 cm³/mol. The molecule has 0 saturated carbocycles. The molecule has 43 heavy (non-hydrogen) atoms. The molecule has 0 aliphatic carbocycles. The van der Waals surface area contributed by atoms with Crippen molar-refractivity contribution in [3.63, 3.8) is 0 Å². The molecule has 4 rings (SSSR count). The Labute approximate surface area is 247 Å². The van der Waals surface area contributed by atoms with Crippen LogP contribution in [0.3, 0.4) is 0 Å². The first kappa shape index (κ1) is 32.8. The van der Waals surface area contributed by atoms with E-state index in [2.05, 4.69) is 5.09 Å². The van der Waals surface area contributed by atoms with Crippen LogP contribution >= 0.6 is 6.64 Å². The van der Waals surface area contributed by atoms with Crippen molar-refractivity contribution in [3.8, 4) is 5.75 Å². The number of aromatic nitrogens is 2. The molecule has 6 atom stereocenters. The smallest absolute Gasteiger partial charge is 0.330 e. The third-order valence-corrected chi connectivity index (χ3v) is 8.97. The monoisotopic (exact) mass is 647 g/mol. The van der Waals surface area contributed by atoms with Gasteiger partial charge in [0, 0.05) is 0 Å². The van der Waals surface area contributed by atoms with Gasteiger partial charge < -0.3 is 28.7 Å². The summed E-state index contributed by atoms with van der Waals surface area (Å²) in [5, 5.41) is 25.6.